The van der Waals surface area contributed by atoms with Crippen molar-refractivity contribution in [3.63, 3.8) is 0 Å². The van der Waals surface area contributed by atoms with E-state index in [-0.39, 0.29) is 36.5 Å². The number of alkyl carbamates (subject to hydrolysis) is 1. The van der Waals surface area contributed by atoms with Crippen molar-refractivity contribution in [1.82, 2.24) is 31.2 Å². The summed E-state index contributed by atoms with van der Waals surface area (Å²) in [5.74, 6) is 0.706. The van der Waals surface area contributed by atoms with Crippen LogP contribution in [-0.4, -0.2) is 78.2 Å². The highest BCUT2D eigenvalue weighted by molar-refractivity contribution is 8.03. The molecule has 4 unspecified atom stereocenters. The monoisotopic (exact) mass is 722 g/mol. The Kier molecular flexibility index (Phi) is 15.9. The number of nitrogens with one attached hydrogen (secondary N) is 4. The lowest BCUT2D eigenvalue weighted by molar-refractivity contribution is -0.127. The van der Waals surface area contributed by atoms with Crippen LogP contribution in [-0.2, 0) is 33.7 Å². The molecule has 0 bridgehead atoms. The number of amides is 4. The van der Waals surface area contributed by atoms with Gasteiger partial charge < -0.3 is 35.6 Å². The number of thiazole rings is 1. The largest absolute Gasteiger partial charge is 0.444 e. The lowest BCUT2D eigenvalue weighted by atomic mass is 9.95. The Labute approximate surface area is 304 Å². The van der Waals surface area contributed by atoms with E-state index in [1.165, 1.54) is 11.3 Å². The summed E-state index contributed by atoms with van der Waals surface area (Å²) in [5.41, 5.74) is 3.84. The minimum Gasteiger partial charge on any atom is -0.444 e. The minimum absolute atomic E-state index is 0.147. The molecule has 0 saturated carbocycles. The summed E-state index contributed by atoms with van der Waals surface area (Å²) in [6.45, 7) is 6.92. The summed E-state index contributed by atoms with van der Waals surface area (Å²) in [6, 6.07) is 18.1. The molecule has 50 heavy (non-hydrogen) atoms. The number of likely N-dealkylation sites (N-methyl/N-ethyl adjacent to an activating group) is 1. The van der Waals surface area contributed by atoms with Crippen LogP contribution in [0, 0.1) is 5.92 Å². The number of urea groups is 1. The van der Waals surface area contributed by atoms with E-state index in [9.17, 15) is 14.4 Å². The smallest absolute Gasteiger partial charge is 0.407 e. The normalized spacial score (nSPS) is 14.9. The molecule has 4 atom stereocenters. The molecule has 13 heteroatoms. The first-order valence-electron chi connectivity index (χ1n) is 17.0. The number of carbonyl (C=O) groups is 3. The first-order chi connectivity index (χ1) is 24.2. The van der Waals surface area contributed by atoms with E-state index in [2.05, 4.69) is 26.3 Å². The standard InChI is InChI=1S/C37H50N6O5S2/c1-26(2)22-47-27(3)34(42-36(45)43(4)21-32-19-38-24-49-32)35(44)40-30(17-28-11-7-5-8-12-28)15-16-31(18-29-13-9-6-10-14-29)41-37(46)48-23-33-20-39-25-50-33/h5-14,19-20,25-27,30-31,34,38H,15-18,21-24H2,1-4H3,(H,40,44)(H,41,46)(H,42,45). The van der Waals surface area contributed by atoms with Gasteiger partial charge in [0, 0.05) is 43.0 Å². The highest BCUT2D eigenvalue weighted by Crippen LogP contribution is 2.19. The molecule has 1 aliphatic heterocycles. The number of rotatable bonds is 19. The molecule has 4 N–H and O–H groups in total. The maximum Gasteiger partial charge on any atom is 0.407 e. The van der Waals surface area contributed by atoms with Crippen LogP contribution in [0.15, 0.2) is 83.5 Å². The van der Waals surface area contributed by atoms with Crippen molar-refractivity contribution < 1.29 is 23.9 Å². The maximum atomic E-state index is 14.1. The quantitative estimate of drug-likeness (QED) is 0.124. The second-order valence-electron chi connectivity index (χ2n) is 12.9. The van der Waals surface area contributed by atoms with Gasteiger partial charge in [-0.3, -0.25) is 9.78 Å². The first kappa shape index (κ1) is 38.7. The number of aromatic nitrogens is 1. The van der Waals surface area contributed by atoms with Gasteiger partial charge in [-0.15, -0.1) is 23.1 Å². The van der Waals surface area contributed by atoms with Crippen molar-refractivity contribution in [3.05, 3.63) is 99.5 Å². The van der Waals surface area contributed by atoms with Gasteiger partial charge in [0.15, 0.2) is 0 Å². The molecule has 1 aromatic heterocycles. The highest BCUT2D eigenvalue weighted by Gasteiger charge is 2.31. The third kappa shape index (κ3) is 13.7. The number of ether oxygens (including phenoxy) is 2. The molecular weight excluding hydrogens is 673 g/mol. The second-order valence-corrected chi connectivity index (χ2v) is 14.9. The molecule has 3 aromatic rings. The Morgan fingerprint density at radius 1 is 0.920 bits per heavy atom. The third-order valence-electron chi connectivity index (χ3n) is 8.08. The molecule has 4 rings (SSSR count). The lowest BCUT2D eigenvalue weighted by Gasteiger charge is -2.30. The van der Waals surface area contributed by atoms with Crippen LogP contribution >= 0.6 is 23.1 Å². The predicted molar refractivity (Wildman–Crippen MR) is 200 cm³/mol. The van der Waals surface area contributed by atoms with Gasteiger partial charge in [-0.05, 0) is 49.7 Å². The molecule has 1 aliphatic rings. The number of hydrogen-bond donors (Lipinski definition) is 4. The van der Waals surface area contributed by atoms with E-state index >= 15 is 0 Å². The van der Waals surface area contributed by atoms with Crippen molar-refractivity contribution >= 4 is 41.1 Å². The van der Waals surface area contributed by atoms with Gasteiger partial charge in [0.1, 0.15) is 12.6 Å². The first-order valence-corrected chi connectivity index (χ1v) is 18.9. The van der Waals surface area contributed by atoms with Gasteiger partial charge in [-0.1, -0.05) is 74.5 Å². The van der Waals surface area contributed by atoms with Crippen LogP contribution in [0.1, 0.15) is 49.6 Å². The number of hydrogen-bond acceptors (Lipinski definition) is 9. The van der Waals surface area contributed by atoms with Crippen molar-refractivity contribution in [2.45, 2.75) is 77.3 Å². The van der Waals surface area contributed by atoms with E-state index in [0.717, 1.165) is 26.8 Å². The van der Waals surface area contributed by atoms with Crippen LogP contribution in [0.25, 0.3) is 0 Å². The second kappa shape index (κ2) is 20.6. The van der Waals surface area contributed by atoms with E-state index < -0.39 is 18.2 Å². The van der Waals surface area contributed by atoms with Gasteiger partial charge in [-0.25, -0.2) is 9.59 Å². The van der Waals surface area contributed by atoms with Gasteiger partial charge in [0.05, 0.1) is 28.9 Å². The fraction of sp³-hybridized carbons (Fsp3) is 0.459. The summed E-state index contributed by atoms with van der Waals surface area (Å²) in [6.07, 6.45) is 4.81. The van der Waals surface area contributed by atoms with E-state index in [1.807, 2.05) is 87.6 Å². The summed E-state index contributed by atoms with van der Waals surface area (Å²) >= 11 is 3.07. The van der Waals surface area contributed by atoms with Crippen LogP contribution in [0.5, 0.6) is 0 Å². The molecular formula is C37H50N6O5S2. The summed E-state index contributed by atoms with van der Waals surface area (Å²) in [4.78, 5) is 47.9. The maximum absolute atomic E-state index is 14.1. The van der Waals surface area contributed by atoms with Crippen molar-refractivity contribution in [1.29, 1.82) is 0 Å². The topological polar surface area (TPSA) is 134 Å². The summed E-state index contributed by atoms with van der Waals surface area (Å²) < 4.78 is 11.6. The van der Waals surface area contributed by atoms with Crippen molar-refractivity contribution in [2.75, 3.05) is 26.1 Å². The Hall–Kier alpha value is -4.07. The van der Waals surface area contributed by atoms with Gasteiger partial charge in [0.2, 0.25) is 5.91 Å². The van der Waals surface area contributed by atoms with Crippen LogP contribution in [0.2, 0.25) is 0 Å². The van der Waals surface area contributed by atoms with E-state index in [1.54, 1.807) is 35.4 Å². The SMILES string of the molecule is CC(C)COC(C)C(NC(=O)N(C)CC1=CNCS1)C(=O)NC(CCC(Cc1ccccc1)NC(=O)OCc1cncs1)Cc1ccccc1. The number of benzene rings is 2. The molecule has 0 spiro atoms. The molecule has 0 aliphatic carbocycles. The Balaban J connectivity index is 1.48. The summed E-state index contributed by atoms with van der Waals surface area (Å²) in [7, 11) is 1.71. The van der Waals surface area contributed by atoms with Crippen LogP contribution < -0.4 is 21.3 Å². The molecule has 2 heterocycles. The van der Waals surface area contributed by atoms with E-state index in [0.29, 0.717) is 38.8 Å². The average Bonchev–Trinajstić information content (AvgIpc) is 3.83. The third-order valence-corrected chi connectivity index (χ3v) is 9.76. The summed E-state index contributed by atoms with van der Waals surface area (Å²) in [5, 5.41) is 12.4. The molecule has 0 radical (unpaired) electrons. The Morgan fingerprint density at radius 2 is 1.56 bits per heavy atom. The predicted octanol–water partition coefficient (Wildman–Crippen LogP) is 5.69. The molecule has 0 saturated heterocycles. The minimum atomic E-state index is -0.926. The molecule has 2 aromatic carbocycles. The number of thioether (sulfide) groups is 1. The Bertz CT molecular complexity index is 1490. The zero-order chi connectivity index (χ0) is 35.7. The zero-order valence-electron chi connectivity index (χ0n) is 29.3. The number of nitrogens with zero attached hydrogens (tertiary/aromatic N) is 2. The van der Waals surface area contributed by atoms with Crippen molar-refractivity contribution in [3.8, 4) is 0 Å². The van der Waals surface area contributed by atoms with Crippen LogP contribution in [0.3, 0.4) is 0 Å². The molecule has 4 amide bonds. The molecule has 270 valence electrons. The fourth-order valence-corrected chi connectivity index (χ4v) is 6.72. The van der Waals surface area contributed by atoms with Gasteiger partial charge >= 0.3 is 12.1 Å². The van der Waals surface area contributed by atoms with Gasteiger partial charge in [0.25, 0.3) is 0 Å². The lowest BCUT2D eigenvalue weighted by Crippen LogP contribution is -2.57. The fourth-order valence-electron chi connectivity index (χ4n) is 5.41. The van der Waals surface area contributed by atoms with Crippen molar-refractivity contribution in [2.24, 2.45) is 5.92 Å². The zero-order valence-corrected chi connectivity index (χ0v) is 30.9. The average molecular weight is 723 g/mol. The Morgan fingerprint density at radius 3 is 2.12 bits per heavy atom. The van der Waals surface area contributed by atoms with E-state index in [4.69, 9.17) is 9.47 Å². The molecule has 11 nitrogen and oxygen atoms in total. The molecule has 0 fully saturated rings. The van der Waals surface area contributed by atoms with Gasteiger partial charge in [-0.2, -0.15) is 0 Å². The van der Waals surface area contributed by atoms with Crippen LogP contribution in [0.4, 0.5) is 9.59 Å². The highest BCUT2D eigenvalue weighted by atomic mass is 32.2. The number of carbonyl (C=O) groups excluding carboxylic acids is 3.